The van der Waals surface area contributed by atoms with E-state index in [9.17, 15) is 4.79 Å². The van der Waals surface area contributed by atoms with Gasteiger partial charge in [-0.2, -0.15) is 0 Å². The van der Waals surface area contributed by atoms with Crippen LogP contribution in [0.5, 0.6) is 0 Å². The number of hydrogen-bond donors (Lipinski definition) is 1. The van der Waals surface area contributed by atoms with Crippen molar-refractivity contribution in [2.75, 3.05) is 7.11 Å². The number of carbonyl (C=O) groups is 1. The van der Waals surface area contributed by atoms with E-state index in [2.05, 4.69) is 11.6 Å². The summed E-state index contributed by atoms with van der Waals surface area (Å²) in [6, 6.07) is 7.74. The Balaban J connectivity index is 2.56. The summed E-state index contributed by atoms with van der Waals surface area (Å²) in [6.07, 6.45) is 3.44. The highest BCUT2D eigenvalue weighted by Crippen LogP contribution is 2.24. The fourth-order valence-corrected chi connectivity index (χ4v) is 1.97. The van der Waals surface area contributed by atoms with Gasteiger partial charge in [-0.1, -0.05) is 24.3 Å². The molecule has 0 aliphatic carbocycles. The van der Waals surface area contributed by atoms with Gasteiger partial charge < -0.3 is 9.72 Å². The minimum absolute atomic E-state index is 0.290. The zero-order valence-electron chi connectivity index (χ0n) is 9.82. The second-order valence-corrected chi connectivity index (χ2v) is 3.84. The van der Waals surface area contributed by atoms with E-state index < -0.39 is 0 Å². The van der Waals surface area contributed by atoms with Crippen LogP contribution in [-0.2, 0) is 11.2 Å². The molecule has 1 aromatic heterocycles. The molecule has 0 fully saturated rings. The van der Waals surface area contributed by atoms with Crippen molar-refractivity contribution in [1.29, 1.82) is 0 Å². The van der Waals surface area contributed by atoms with Gasteiger partial charge in [0.15, 0.2) is 0 Å². The van der Waals surface area contributed by atoms with E-state index in [1.807, 2.05) is 30.3 Å². The summed E-state index contributed by atoms with van der Waals surface area (Å²) in [4.78, 5) is 15.1. The van der Waals surface area contributed by atoms with Gasteiger partial charge in [-0.15, -0.1) is 6.58 Å². The number of fused-ring (bicyclic) bond motifs is 1. The van der Waals surface area contributed by atoms with E-state index in [0.717, 1.165) is 29.4 Å². The van der Waals surface area contributed by atoms with Crippen molar-refractivity contribution in [1.82, 2.24) is 4.98 Å². The molecule has 0 saturated carbocycles. The first-order valence-corrected chi connectivity index (χ1v) is 5.56. The van der Waals surface area contributed by atoms with Gasteiger partial charge in [-0.05, 0) is 18.9 Å². The van der Waals surface area contributed by atoms with Gasteiger partial charge >= 0.3 is 5.97 Å². The quantitative estimate of drug-likeness (QED) is 0.646. The average Bonchev–Trinajstić information content (AvgIpc) is 2.73. The summed E-state index contributed by atoms with van der Waals surface area (Å²) >= 11 is 0. The Morgan fingerprint density at radius 1 is 1.47 bits per heavy atom. The van der Waals surface area contributed by atoms with E-state index in [1.54, 1.807) is 0 Å². The third-order valence-corrected chi connectivity index (χ3v) is 2.77. The summed E-state index contributed by atoms with van der Waals surface area (Å²) in [5, 5.41) is 0.915. The van der Waals surface area contributed by atoms with Gasteiger partial charge in [-0.25, -0.2) is 4.79 Å². The van der Waals surface area contributed by atoms with Crippen molar-refractivity contribution < 1.29 is 9.53 Å². The van der Waals surface area contributed by atoms with Crippen LogP contribution in [0.15, 0.2) is 36.9 Å². The van der Waals surface area contributed by atoms with Crippen LogP contribution in [-0.4, -0.2) is 18.1 Å². The first-order valence-electron chi connectivity index (χ1n) is 5.56. The van der Waals surface area contributed by atoms with Gasteiger partial charge in [0.25, 0.3) is 0 Å². The van der Waals surface area contributed by atoms with E-state index in [1.165, 1.54) is 7.11 Å². The SMILES string of the molecule is C=CCCc1[nH]c2ccccc2c1C(=O)OC. The number of methoxy groups -OCH3 is 1. The molecule has 3 nitrogen and oxygen atoms in total. The van der Waals surface area contributed by atoms with Crippen LogP contribution in [0.3, 0.4) is 0 Å². The van der Waals surface area contributed by atoms with Crippen LogP contribution >= 0.6 is 0 Å². The largest absolute Gasteiger partial charge is 0.465 e. The molecule has 1 heterocycles. The highest BCUT2D eigenvalue weighted by molar-refractivity contribution is 6.05. The number of allylic oxidation sites excluding steroid dienone is 1. The van der Waals surface area contributed by atoms with Crippen LogP contribution in [0.1, 0.15) is 22.5 Å². The highest BCUT2D eigenvalue weighted by Gasteiger charge is 2.17. The lowest BCUT2D eigenvalue weighted by molar-refractivity contribution is 0.0602. The van der Waals surface area contributed by atoms with Crippen molar-refractivity contribution in [3.05, 3.63) is 48.2 Å². The molecule has 88 valence electrons. The molecule has 0 amide bonds. The summed E-state index contributed by atoms with van der Waals surface area (Å²) in [5.74, 6) is -0.290. The zero-order chi connectivity index (χ0) is 12.3. The normalized spacial score (nSPS) is 10.4. The fraction of sp³-hybridized carbons (Fsp3) is 0.214. The standard InChI is InChI=1S/C14H15NO2/c1-3-4-8-12-13(14(16)17-2)10-7-5-6-9-11(10)15-12/h3,5-7,9,15H,1,4,8H2,2H3. The van der Waals surface area contributed by atoms with E-state index >= 15 is 0 Å². The number of ether oxygens (including phenoxy) is 1. The molecule has 2 aromatic rings. The number of esters is 1. The smallest absolute Gasteiger partial charge is 0.340 e. The van der Waals surface area contributed by atoms with Crippen molar-refractivity contribution in [2.24, 2.45) is 0 Å². The van der Waals surface area contributed by atoms with E-state index in [4.69, 9.17) is 4.74 Å². The van der Waals surface area contributed by atoms with Crippen LogP contribution in [0.25, 0.3) is 10.9 Å². The van der Waals surface area contributed by atoms with E-state index in [0.29, 0.717) is 5.56 Å². The minimum atomic E-state index is -0.290. The lowest BCUT2D eigenvalue weighted by Gasteiger charge is -2.01. The molecule has 0 atom stereocenters. The Morgan fingerprint density at radius 3 is 2.94 bits per heavy atom. The zero-order valence-corrected chi connectivity index (χ0v) is 9.82. The van der Waals surface area contributed by atoms with E-state index in [-0.39, 0.29) is 5.97 Å². The molecule has 3 heteroatoms. The second-order valence-electron chi connectivity index (χ2n) is 3.84. The molecule has 0 bridgehead atoms. The van der Waals surface area contributed by atoms with Crippen molar-refractivity contribution in [3.63, 3.8) is 0 Å². The number of hydrogen-bond acceptors (Lipinski definition) is 2. The van der Waals surface area contributed by atoms with Crippen molar-refractivity contribution in [2.45, 2.75) is 12.8 Å². The number of aromatic amines is 1. The number of benzene rings is 1. The van der Waals surface area contributed by atoms with Crippen LogP contribution in [0.2, 0.25) is 0 Å². The molecule has 1 N–H and O–H groups in total. The molecule has 1 aromatic carbocycles. The van der Waals surface area contributed by atoms with Crippen LogP contribution in [0, 0.1) is 0 Å². The monoisotopic (exact) mass is 229 g/mol. The molecular weight excluding hydrogens is 214 g/mol. The lowest BCUT2D eigenvalue weighted by atomic mass is 10.1. The number of rotatable bonds is 4. The third kappa shape index (κ3) is 2.09. The van der Waals surface area contributed by atoms with Gasteiger partial charge in [0.2, 0.25) is 0 Å². The Morgan fingerprint density at radius 2 is 2.24 bits per heavy atom. The predicted molar refractivity (Wildman–Crippen MR) is 68.2 cm³/mol. The number of nitrogens with one attached hydrogen (secondary N) is 1. The fourth-order valence-electron chi connectivity index (χ4n) is 1.97. The topological polar surface area (TPSA) is 42.1 Å². The van der Waals surface area contributed by atoms with Crippen LogP contribution in [0.4, 0.5) is 0 Å². The predicted octanol–water partition coefficient (Wildman–Crippen LogP) is 3.07. The first-order chi connectivity index (χ1) is 8.27. The molecule has 0 aliphatic heterocycles. The van der Waals surface area contributed by atoms with Crippen molar-refractivity contribution >= 4 is 16.9 Å². The molecule has 0 spiro atoms. The molecule has 0 saturated heterocycles. The maximum atomic E-state index is 11.8. The van der Waals surface area contributed by atoms with Crippen molar-refractivity contribution in [3.8, 4) is 0 Å². The maximum absolute atomic E-state index is 11.8. The Kier molecular flexibility index (Phi) is 3.28. The second kappa shape index (κ2) is 4.87. The Bertz CT molecular complexity index is 554. The van der Waals surface area contributed by atoms with Gasteiger partial charge in [0.1, 0.15) is 0 Å². The van der Waals surface area contributed by atoms with Gasteiger partial charge in [0.05, 0.1) is 12.7 Å². The molecule has 0 radical (unpaired) electrons. The maximum Gasteiger partial charge on any atom is 0.340 e. The van der Waals surface area contributed by atoms with Gasteiger partial charge in [0, 0.05) is 16.6 Å². The number of aryl methyl sites for hydroxylation is 1. The summed E-state index contributed by atoms with van der Waals surface area (Å²) < 4.78 is 4.84. The minimum Gasteiger partial charge on any atom is -0.465 e. The third-order valence-electron chi connectivity index (χ3n) is 2.77. The molecule has 17 heavy (non-hydrogen) atoms. The first kappa shape index (κ1) is 11.5. The number of H-pyrrole nitrogens is 1. The Labute approximate surface area is 100 Å². The summed E-state index contributed by atoms with van der Waals surface area (Å²) in [5.41, 5.74) is 2.52. The number of para-hydroxylation sites is 1. The average molecular weight is 229 g/mol. The summed E-state index contributed by atoms with van der Waals surface area (Å²) in [6.45, 7) is 3.69. The van der Waals surface area contributed by atoms with Gasteiger partial charge in [-0.3, -0.25) is 0 Å². The number of aromatic nitrogens is 1. The number of carbonyl (C=O) groups excluding carboxylic acids is 1. The Hall–Kier alpha value is -2.03. The molecule has 2 rings (SSSR count). The molecule has 0 aliphatic rings. The highest BCUT2D eigenvalue weighted by atomic mass is 16.5. The summed E-state index contributed by atoms with van der Waals surface area (Å²) in [7, 11) is 1.40. The molecule has 0 unspecified atom stereocenters. The lowest BCUT2D eigenvalue weighted by Crippen LogP contribution is -2.04. The van der Waals surface area contributed by atoms with Crippen LogP contribution < -0.4 is 0 Å². The molecular formula is C14H15NO2.